The molecule has 1 amide bonds. The van der Waals surface area contributed by atoms with E-state index in [0.29, 0.717) is 16.4 Å². The molecule has 0 fully saturated rings. The van der Waals surface area contributed by atoms with E-state index in [1.54, 1.807) is 0 Å². The van der Waals surface area contributed by atoms with Gasteiger partial charge in [-0.3, -0.25) is 9.10 Å². The lowest BCUT2D eigenvalue weighted by Gasteiger charge is -2.30. The molecule has 7 nitrogen and oxygen atoms in total. The second-order valence-corrected chi connectivity index (χ2v) is 8.14. The molecule has 0 spiro atoms. The Kier molecular flexibility index (Phi) is 4.64. The van der Waals surface area contributed by atoms with Crippen LogP contribution in [0, 0.1) is 0 Å². The molecule has 0 aliphatic carbocycles. The molecule has 1 aromatic carbocycles. The van der Waals surface area contributed by atoms with Crippen LogP contribution in [0.5, 0.6) is 0 Å². The van der Waals surface area contributed by atoms with Crippen molar-refractivity contribution in [2.24, 2.45) is 0 Å². The van der Waals surface area contributed by atoms with Gasteiger partial charge in [-0.05, 0) is 29.6 Å². The number of carbonyl (C=O) groups excluding carboxylic acids is 2. The van der Waals surface area contributed by atoms with Gasteiger partial charge in [0, 0.05) is 0 Å². The summed E-state index contributed by atoms with van der Waals surface area (Å²) in [5.74, 6) is -1.68. The molecule has 0 saturated heterocycles. The second kappa shape index (κ2) is 6.53. The first kappa shape index (κ1) is 19.2. The third kappa shape index (κ3) is 3.37. The van der Waals surface area contributed by atoms with E-state index >= 15 is 0 Å². The number of hydrogen-bond donors (Lipinski definition) is 1. The van der Waals surface area contributed by atoms with Crippen LogP contribution in [-0.2, 0) is 25.7 Å². The number of esters is 1. The number of halogens is 3. The summed E-state index contributed by atoms with van der Waals surface area (Å²) in [5.41, 5.74) is -1.46. The first-order valence-electron chi connectivity index (χ1n) is 7.25. The van der Waals surface area contributed by atoms with Crippen LogP contribution in [0.15, 0.2) is 34.5 Å². The van der Waals surface area contributed by atoms with E-state index in [2.05, 4.69) is 10.1 Å². The van der Waals surface area contributed by atoms with Gasteiger partial charge in [-0.2, -0.15) is 13.2 Å². The maximum absolute atomic E-state index is 13.0. The van der Waals surface area contributed by atoms with Gasteiger partial charge in [0.25, 0.3) is 10.0 Å². The minimum Gasteiger partial charge on any atom is -0.465 e. The van der Waals surface area contributed by atoms with Crippen molar-refractivity contribution in [3.63, 3.8) is 0 Å². The zero-order valence-electron chi connectivity index (χ0n) is 13.5. The molecule has 2 heterocycles. The molecule has 27 heavy (non-hydrogen) atoms. The molecular formula is C15H11F3N2O5S2. The number of sulfonamides is 1. The van der Waals surface area contributed by atoms with Gasteiger partial charge in [0.2, 0.25) is 5.91 Å². The second-order valence-electron chi connectivity index (χ2n) is 5.40. The maximum Gasteiger partial charge on any atom is 0.416 e. The van der Waals surface area contributed by atoms with Crippen LogP contribution in [-0.4, -0.2) is 33.9 Å². The summed E-state index contributed by atoms with van der Waals surface area (Å²) in [6, 6.07) is 3.50. The van der Waals surface area contributed by atoms with Gasteiger partial charge in [-0.1, -0.05) is 0 Å². The normalized spacial score (nSPS) is 14.5. The Morgan fingerprint density at radius 1 is 1.30 bits per heavy atom. The lowest BCUT2D eigenvalue weighted by Crippen LogP contribution is -2.42. The van der Waals surface area contributed by atoms with E-state index in [0.717, 1.165) is 24.5 Å². The Morgan fingerprint density at radius 3 is 2.63 bits per heavy atom. The van der Waals surface area contributed by atoms with Crippen molar-refractivity contribution >= 4 is 44.6 Å². The molecule has 1 aliphatic heterocycles. The van der Waals surface area contributed by atoms with Gasteiger partial charge in [0.1, 0.15) is 16.3 Å². The highest BCUT2D eigenvalue weighted by atomic mass is 32.2. The van der Waals surface area contributed by atoms with Crippen LogP contribution in [0.2, 0.25) is 0 Å². The summed E-state index contributed by atoms with van der Waals surface area (Å²) in [7, 11) is -3.31. The topological polar surface area (TPSA) is 92.8 Å². The Bertz CT molecular complexity index is 1030. The Labute approximate surface area is 155 Å². The molecule has 0 saturated carbocycles. The smallest absolute Gasteiger partial charge is 0.416 e. The number of thiophene rings is 1. The quantitative estimate of drug-likeness (QED) is 0.771. The average molecular weight is 420 g/mol. The summed E-state index contributed by atoms with van der Waals surface area (Å²) < 4.78 is 69.9. The predicted octanol–water partition coefficient (Wildman–Crippen LogP) is 2.70. The molecule has 0 atom stereocenters. The number of amides is 1. The van der Waals surface area contributed by atoms with Crippen molar-refractivity contribution in [3.8, 4) is 0 Å². The number of methoxy groups -OCH3 is 1. The first-order valence-corrected chi connectivity index (χ1v) is 9.57. The van der Waals surface area contributed by atoms with Crippen LogP contribution in [0.3, 0.4) is 0 Å². The van der Waals surface area contributed by atoms with Crippen molar-refractivity contribution in [1.29, 1.82) is 0 Å². The average Bonchev–Trinajstić information content (AvgIpc) is 3.09. The van der Waals surface area contributed by atoms with Crippen molar-refractivity contribution in [2.45, 2.75) is 11.1 Å². The maximum atomic E-state index is 13.0. The summed E-state index contributed by atoms with van der Waals surface area (Å²) >= 11 is 0.831. The van der Waals surface area contributed by atoms with E-state index in [9.17, 15) is 31.2 Å². The minimum absolute atomic E-state index is 0.135. The van der Waals surface area contributed by atoms with Crippen LogP contribution in [0.4, 0.5) is 24.5 Å². The number of rotatable bonds is 3. The van der Waals surface area contributed by atoms with Gasteiger partial charge >= 0.3 is 12.1 Å². The zero-order valence-corrected chi connectivity index (χ0v) is 15.2. The van der Waals surface area contributed by atoms with Crippen LogP contribution < -0.4 is 9.62 Å². The summed E-state index contributed by atoms with van der Waals surface area (Å²) in [6.45, 7) is -0.642. The number of hydrogen-bond acceptors (Lipinski definition) is 6. The highest BCUT2D eigenvalue weighted by Gasteiger charge is 2.38. The van der Waals surface area contributed by atoms with Crippen molar-refractivity contribution in [3.05, 3.63) is 40.1 Å². The van der Waals surface area contributed by atoms with Crippen LogP contribution >= 0.6 is 11.3 Å². The van der Waals surface area contributed by atoms with Gasteiger partial charge < -0.3 is 10.1 Å². The van der Waals surface area contributed by atoms with E-state index < -0.39 is 40.2 Å². The minimum atomic E-state index is -4.66. The molecule has 1 aromatic heterocycles. The Balaban J connectivity index is 2.12. The van der Waals surface area contributed by atoms with Crippen molar-refractivity contribution < 1.29 is 35.9 Å². The molecule has 0 unspecified atom stereocenters. The molecule has 144 valence electrons. The molecule has 1 aliphatic rings. The largest absolute Gasteiger partial charge is 0.465 e. The van der Waals surface area contributed by atoms with E-state index in [1.165, 1.54) is 11.4 Å². The van der Waals surface area contributed by atoms with E-state index in [4.69, 9.17) is 0 Å². The standard InChI is InChI=1S/C15H11F3N2O5S2/c1-25-14(22)13-11(4-5-26-13)27(23,24)20-7-12(21)19-9-6-8(15(16,17)18)2-3-10(9)20/h2-6H,7H2,1H3,(H,19,21). The number of fused-ring (bicyclic) bond motifs is 1. The molecule has 0 radical (unpaired) electrons. The van der Waals surface area contributed by atoms with Gasteiger partial charge in [-0.25, -0.2) is 13.2 Å². The van der Waals surface area contributed by atoms with E-state index in [-0.39, 0.29) is 21.1 Å². The summed E-state index contributed by atoms with van der Waals surface area (Å²) in [4.78, 5) is 23.1. The third-order valence-corrected chi connectivity index (χ3v) is 6.55. The number of alkyl halides is 3. The molecule has 1 N–H and O–H groups in total. The Morgan fingerprint density at radius 2 is 2.00 bits per heavy atom. The lowest BCUT2D eigenvalue weighted by molar-refractivity contribution is -0.137. The number of anilines is 2. The first-order chi connectivity index (χ1) is 12.6. The summed E-state index contributed by atoms with van der Waals surface area (Å²) in [6.07, 6.45) is -4.66. The number of nitrogens with one attached hydrogen (secondary N) is 1. The number of nitrogens with zero attached hydrogens (tertiary/aromatic N) is 1. The van der Waals surface area contributed by atoms with Gasteiger partial charge in [0.15, 0.2) is 0 Å². The van der Waals surface area contributed by atoms with E-state index in [1.807, 2.05) is 0 Å². The van der Waals surface area contributed by atoms with Gasteiger partial charge in [-0.15, -0.1) is 11.3 Å². The fraction of sp³-hybridized carbons (Fsp3) is 0.200. The fourth-order valence-electron chi connectivity index (χ4n) is 2.51. The molecule has 0 bridgehead atoms. The SMILES string of the molecule is COC(=O)c1sccc1S(=O)(=O)N1CC(=O)Nc2cc(C(F)(F)F)ccc21. The van der Waals surface area contributed by atoms with Crippen molar-refractivity contribution in [1.82, 2.24) is 0 Å². The van der Waals surface area contributed by atoms with Crippen LogP contribution in [0.1, 0.15) is 15.2 Å². The zero-order chi connectivity index (χ0) is 20.0. The number of benzene rings is 1. The van der Waals surface area contributed by atoms with Gasteiger partial charge in [0.05, 0.1) is 24.0 Å². The highest BCUT2D eigenvalue weighted by molar-refractivity contribution is 7.93. The molecule has 2 aromatic rings. The molecule has 12 heteroatoms. The molecular weight excluding hydrogens is 409 g/mol. The predicted molar refractivity (Wildman–Crippen MR) is 90.3 cm³/mol. The number of carbonyl (C=O) groups is 2. The fourth-order valence-corrected chi connectivity index (χ4v) is 5.26. The highest BCUT2D eigenvalue weighted by Crippen LogP contribution is 2.39. The lowest BCUT2D eigenvalue weighted by atomic mass is 10.1. The Hall–Kier alpha value is -2.60. The number of ether oxygens (including phenoxy) is 1. The monoisotopic (exact) mass is 420 g/mol. The molecule has 3 rings (SSSR count). The third-order valence-electron chi connectivity index (χ3n) is 3.72. The summed E-state index contributed by atoms with van der Waals surface area (Å²) in [5, 5.41) is 3.59. The van der Waals surface area contributed by atoms with Crippen molar-refractivity contribution in [2.75, 3.05) is 23.3 Å². The van der Waals surface area contributed by atoms with Crippen LogP contribution in [0.25, 0.3) is 0 Å².